The number of para-hydroxylation sites is 1. The standard InChI is InChI=1S/C22H23ClN4O/c23-18-10-11-24-21-17-12-25-26-13-19(17)27-22(21)20(18)14-6-8-16(9-7-14)28-15-4-2-1-3-5-15/h1-5,10,13-14,16,25,27H,6-9,11-12H2/p+1. The zero-order chi connectivity index (χ0) is 18.9. The molecule has 0 atom stereocenters. The Kier molecular flexibility index (Phi) is 4.69. The molecule has 0 saturated heterocycles. The SMILES string of the molecule is ClC1=CC[NH+]=c2c3c([nH]c2=C1C1CCC(Oc2ccccc2)CC1)C=NNC3. The maximum atomic E-state index is 6.76. The van der Waals surface area contributed by atoms with Gasteiger partial charge in [0.1, 0.15) is 11.1 Å². The number of nitrogens with one attached hydrogen (secondary N) is 3. The second-order valence-electron chi connectivity index (χ2n) is 7.61. The summed E-state index contributed by atoms with van der Waals surface area (Å²) in [6.07, 6.45) is 8.46. The molecule has 0 amide bonds. The number of fused-ring (bicyclic) bond motifs is 3. The number of allylic oxidation sites excluding steroid dienone is 1. The maximum absolute atomic E-state index is 6.76. The van der Waals surface area contributed by atoms with Gasteiger partial charge in [0, 0.05) is 10.6 Å². The molecule has 3 N–H and O–H groups in total. The van der Waals surface area contributed by atoms with Crippen molar-refractivity contribution in [2.24, 2.45) is 11.0 Å². The van der Waals surface area contributed by atoms with Crippen LogP contribution in [0.5, 0.6) is 5.75 Å². The molecule has 1 aliphatic carbocycles. The molecule has 5 nitrogen and oxygen atoms in total. The van der Waals surface area contributed by atoms with Crippen molar-refractivity contribution in [3.8, 4) is 5.75 Å². The lowest BCUT2D eigenvalue weighted by Crippen LogP contribution is -2.79. The zero-order valence-corrected chi connectivity index (χ0v) is 16.4. The summed E-state index contributed by atoms with van der Waals surface area (Å²) >= 11 is 6.76. The summed E-state index contributed by atoms with van der Waals surface area (Å²) in [5.41, 5.74) is 6.61. The zero-order valence-electron chi connectivity index (χ0n) is 15.7. The van der Waals surface area contributed by atoms with Gasteiger partial charge in [0.05, 0.1) is 30.1 Å². The molecule has 1 aromatic heterocycles. The summed E-state index contributed by atoms with van der Waals surface area (Å²) < 4.78 is 6.18. The summed E-state index contributed by atoms with van der Waals surface area (Å²) in [5, 5.41) is 7.34. The molecule has 3 heterocycles. The molecule has 28 heavy (non-hydrogen) atoms. The highest BCUT2D eigenvalue weighted by Crippen LogP contribution is 2.36. The van der Waals surface area contributed by atoms with Crippen molar-refractivity contribution in [1.29, 1.82) is 0 Å². The van der Waals surface area contributed by atoms with Gasteiger partial charge in [-0.1, -0.05) is 29.8 Å². The molecule has 1 saturated carbocycles. The predicted molar refractivity (Wildman–Crippen MR) is 110 cm³/mol. The van der Waals surface area contributed by atoms with Crippen LogP contribution in [0.3, 0.4) is 0 Å². The van der Waals surface area contributed by atoms with Crippen molar-refractivity contribution in [2.75, 3.05) is 6.54 Å². The molecule has 2 aromatic rings. The largest absolute Gasteiger partial charge is 0.490 e. The number of H-pyrrole nitrogens is 1. The first kappa shape index (κ1) is 17.6. The number of aromatic nitrogens is 1. The number of nitrogens with zero attached hydrogens (tertiary/aromatic N) is 1. The van der Waals surface area contributed by atoms with Gasteiger partial charge in [-0.05, 0) is 49.8 Å². The van der Waals surface area contributed by atoms with E-state index in [4.69, 9.17) is 16.3 Å². The topological polar surface area (TPSA) is 63.4 Å². The van der Waals surface area contributed by atoms with Gasteiger partial charge >= 0.3 is 0 Å². The van der Waals surface area contributed by atoms with Crippen LogP contribution in [0.2, 0.25) is 0 Å². The van der Waals surface area contributed by atoms with E-state index in [9.17, 15) is 0 Å². The van der Waals surface area contributed by atoms with Gasteiger partial charge in [-0.15, -0.1) is 0 Å². The van der Waals surface area contributed by atoms with Crippen LogP contribution in [0, 0.1) is 5.92 Å². The molecule has 6 heteroatoms. The van der Waals surface area contributed by atoms with Crippen molar-refractivity contribution in [3.05, 3.63) is 63.4 Å². The van der Waals surface area contributed by atoms with Gasteiger partial charge < -0.3 is 15.1 Å². The Bertz CT molecular complexity index is 1050. The minimum Gasteiger partial charge on any atom is -0.490 e. The average Bonchev–Trinajstić information content (AvgIpc) is 3.00. The lowest BCUT2D eigenvalue weighted by molar-refractivity contribution is -0.489. The van der Waals surface area contributed by atoms with Crippen molar-refractivity contribution >= 4 is 23.4 Å². The highest BCUT2D eigenvalue weighted by molar-refractivity contribution is 6.35. The summed E-state index contributed by atoms with van der Waals surface area (Å²) in [6, 6.07) is 10.1. The number of rotatable bonds is 3. The summed E-state index contributed by atoms with van der Waals surface area (Å²) in [6.45, 7) is 1.47. The summed E-state index contributed by atoms with van der Waals surface area (Å²) in [5.74, 6) is 1.39. The minimum atomic E-state index is 0.276. The van der Waals surface area contributed by atoms with Crippen LogP contribution < -0.4 is 25.9 Å². The van der Waals surface area contributed by atoms with Gasteiger partial charge in [0.15, 0.2) is 6.54 Å². The van der Waals surface area contributed by atoms with E-state index in [-0.39, 0.29) is 6.10 Å². The molecular weight excluding hydrogens is 372 g/mol. The molecule has 0 unspecified atom stereocenters. The lowest BCUT2D eigenvalue weighted by atomic mass is 9.82. The van der Waals surface area contributed by atoms with Gasteiger partial charge in [0.25, 0.3) is 0 Å². The Morgan fingerprint density at radius 3 is 2.75 bits per heavy atom. The van der Waals surface area contributed by atoms with E-state index in [0.29, 0.717) is 5.92 Å². The van der Waals surface area contributed by atoms with Crippen molar-refractivity contribution < 1.29 is 9.73 Å². The van der Waals surface area contributed by atoms with E-state index in [1.807, 2.05) is 36.5 Å². The third-order valence-corrected chi connectivity index (χ3v) is 6.25. The number of hydrogen-bond acceptors (Lipinski definition) is 3. The van der Waals surface area contributed by atoms with E-state index in [1.165, 1.54) is 16.5 Å². The molecule has 1 fully saturated rings. The van der Waals surface area contributed by atoms with E-state index < -0.39 is 0 Å². The van der Waals surface area contributed by atoms with Gasteiger partial charge in [0.2, 0.25) is 5.36 Å². The Labute approximate surface area is 168 Å². The van der Waals surface area contributed by atoms with Crippen LogP contribution in [-0.4, -0.2) is 23.8 Å². The summed E-state index contributed by atoms with van der Waals surface area (Å²) in [4.78, 5) is 7.11. The highest BCUT2D eigenvalue weighted by Gasteiger charge is 2.29. The average molecular weight is 396 g/mol. The Morgan fingerprint density at radius 2 is 1.93 bits per heavy atom. The molecule has 144 valence electrons. The number of ether oxygens (including phenoxy) is 1. The van der Waals surface area contributed by atoms with Gasteiger partial charge in [-0.3, -0.25) is 0 Å². The first-order valence-corrected chi connectivity index (χ1v) is 10.4. The fraction of sp³-hybridized carbons (Fsp3) is 0.364. The van der Waals surface area contributed by atoms with Crippen LogP contribution in [0.25, 0.3) is 5.57 Å². The second kappa shape index (κ2) is 7.47. The fourth-order valence-electron chi connectivity index (χ4n) is 4.52. The second-order valence-corrected chi connectivity index (χ2v) is 8.02. The Hall–Kier alpha value is -2.53. The van der Waals surface area contributed by atoms with Gasteiger partial charge in [-0.25, -0.2) is 4.99 Å². The third-order valence-electron chi connectivity index (χ3n) is 5.89. The Balaban J connectivity index is 1.43. The van der Waals surface area contributed by atoms with Crippen LogP contribution in [0.4, 0.5) is 0 Å². The summed E-state index contributed by atoms with van der Waals surface area (Å²) in [7, 11) is 0. The molecule has 5 rings (SSSR count). The van der Waals surface area contributed by atoms with E-state index in [0.717, 1.165) is 60.6 Å². The highest BCUT2D eigenvalue weighted by atomic mass is 35.5. The lowest BCUT2D eigenvalue weighted by Gasteiger charge is -2.30. The monoisotopic (exact) mass is 395 g/mol. The van der Waals surface area contributed by atoms with Crippen molar-refractivity contribution in [1.82, 2.24) is 10.4 Å². The predicted octanol–water partition coefficient (Wildman–Crippen LogP) is 1.08. The number of benzene rings is 1. The molecular formula is C22H24ClN4O+. The van der Waals surface area contributed by atoms with E-state index in [2.05, 4.69) is 26.6 Å². The number of aromatic amines is 1. The van der Waals surface area contributed by atoms with Crippen molar-refractivity contribution in [3.63, 3.8) is 0 Å². The van der Waals surface area contributed by atoms with Crippen LogP contribution >= 0.6 is 11.6 Å². The molecule has 3 aliphatic rings. The smallest absolute Gasteiger partial charge is 0.229 e. The van der Waals surface area contributed by atoms with Gasteiger partial charge in [-0.2, -0.15) is 5.10 Å². The maximum Gasteiger partial charge on any atom is 0.229 e. The third kappa shape index (κ3) is 3.24. The minimum absolute atomic E-state index is 0.276. The molecule has 0 bridgehead atoms. The Morgan fingerprint density at radius 1 is 1.11 bits per heavy atom. The normalized spacial score (nSPS) is 23.6. The van der Waals surface area contributed by atoms with Crippen LogP contribution in [-0.2, 0) is 6.54 Å². The van der Waals surface area contributed by atoms with Crippen LogP contribution in [0.15, 0.2) is 46.5 Å². The molecule has 0 radical (unpaired) electrons. The number of halogens is 1. The quantitative estimate of drug-likeness (QED) is 0.728. The molecule has 1 aromatic carbocycles. The first-order valence-electron chi connectivity index (χ1n) is 9.99. The fourth-order valence-corrected chi connectivity index (χ4v) is 4.84. The van der Waals surface area contributed by atoms with Crippen LogP contribution in [0.1, 0.15) is 36.9 Å². The number of hydrazone groups is 1. The van der Waals surface area contributed by atoms with E-state index in [1.54, 1.807) is 0 Å². The number of hydrogen-bond donors (Lipinski definition) is 3. The molecule has 0 spiro atoms. The van der Waals surface area contributed by atoms with E-state index >= 15 is 0 Å². The molecule has 2 aliphatic heterocycles. The van der Waals surface area contributed by atoms with Crippen molar-refractivity contribution in [2.45, 2.75) is 38.3 Å². The first-order chi connectivity index (χ1) is 13.8.